The van der Waals surface area contributed by atoms with Gasteiger partial charge in [0, 0.05) is 6.04 Å². The summed E-state index contributed by atoms with van der Waals surface area (Å²) in [7, 11) is 0. The molecule has 1 fully saturated rings. The van der Waals surface area contributed by atoms with E-state index in [0.717, 1.165) is 22.9 Å². The number of hydrogen-bond donors (Lipinski definition) is 1. The van der Waals surface area contributed by atoms with Gasteiger partial charge in [-0.15, -0.1) is 11.8 Å². The van der Waals surface area contributed by atoms with Crippen LogP contribution in [-0.2, 0) is 5.88 Å². The van der Waals surface area contributed by atoms with E-state index in [2.05, 4.69) is 26.5 Å². The molecular formula is C10H13N5S. The molecule has 0 bridgehead atoms. The van der Waals surface area contributed by atoms with Crippen LogP contribution in [-0.4, -0.2) is 31.8 Å². The monoisotopic (exact) mass is 235 g/mol. The lowest BCUT2D eigenvalue weighted by atomic mass is 10.5. The maximum atomic E-state index is 4.38. The number of rotatable bonds is 4. The summed E-state index contributed by atoms with van der Waals surface area (Å²) in [6, 6.07) is 0.587. The molecule has 1 N–H and O–H groups in total. The van der Waals surface area contributed by atoms with E-state index in [0.29, 0.717) is 6.04 Å². The smallest absolute Gasteiger partial charge is 0.166 e. The average Bonchev–Trinajstić information content (AvgIpc) is 3.01. The first-order chi connectivity index (χ1) is 7.88. The van der Waals surface area contributed by atoms with Crippen molar-refractivity contribution >= 4 is 28.7 Å². The van der Waals surface area contributed by atoms with Crippen LogP contribution in [0.3, 0.4) is 0 Å². The van der Waals surface area contributed by atoms with Gasteiger partial charge in [-0.1, -0.05) is 0 Å². The van der Waals surface area contributed by atoms with Gasteiger partial charge in [0.2, 0.25) is 0 Å². The third kappa shape index (κ3) is 1.73. The van der Waals surface area contributed by atoms with Crippen molar-refractivity contribution in [1.29, 1.82) is 0 Å². The predicted octanol–water partition coefficient (Wildman–Crippen LogP) is 1.72. The number of anilines is 1. The van der Waals surface area contributed by atoms with Crippen molar-refractivity contribution in [3.05, 3.63) is 12.7 Å². The summed E-state index contributed by atoms with van der Waals surface area (Å²) in [5, 5.41) is 3.38. The van der Waals surface area contributed by atoms with Crippen molar-refractivity contribution in [2.24, 2.45) is 0 Å². The quantitative estimate of drug-likeness (QED) is 0.874. The first kappa shape index (κ1) is 9.89. The minimum Gasteiger partial charge on any atom is -0.365 e. The molecule has 6 heteroatoms. The second kappa shape index (κ2) is 3.93. The molecule has 0 amide bonds. The topological polar surface area (TPSA) is 55.6 Å². The Hall–Kier alpha value is -1.30. The van der Waals surface area contributed by atoms with E-state index >= 15 is 0 Å². The Bertz CT molecular complexity index is 505. The van der Waals surface area contributed by atoms with Crippen LogP contribution >= 0.6 is 11.8 Å². The number of fused-ring (bicyclic) bond motifs is 1. The summed E-state index contributed by atoms with van der Waals surface area (Å²) in [6.45, 7) is 0. The lowest BCUT2D eigenvalue weighted by molar-refractivity contribution is 0.906. The molecule has 1 aliphatic rings. The van der Waals surface area contributed by atoms with Gasteiger partial charge in [0.15, 0.2) is 11.5 Å². The largest absolute Gasteiger partial charge is 0.365 e. The molecule has 2 heterocycles. The fourth-order valence-electron chi connectivity index (χ4n) is 1.64. The van der Waals surface area contributed by atoms with Gasteiger partial charge in [-0.05, 0) is 19.1 Å². The van der Waals surface area contributed by atoms with Crippen LogP contribution in [0.25, 0.3) is 11.2 Å². The highest BCUT2D eigenvalue weighted by atomic mass is 32.2. The Kier molecular flexibility index (Phi) is 2.43. The predicted molar refractivity (Wildman–Crippen MR) is 65.5 cm³/mol. The van der Waals surface area contributed by atoms with E-state index in [1.54, 1.807) is 18.1 Å². The second-order valence-electron chi connectivity index (χ2n) is 3.95. The molecule has 84 valence electrons. The lowest BCUT2D eigenvalue weighted by Gasteiger charge is -2.04. The number of nitrogens with one attached hydrogen (secondary N) is 1. The van der Waals surface area contributed by atoms with Gasteiger partial charge < -0.3 is 9.88 Å². The minimum atomic E-state index is 0.587. The molecule has 0 unspecified atom stereocenters. The highest BCUT2D eigenvalue weighted by molar-refractivity contribution is 7.97. The van der Waals surface area contributed by atoms with Crippen molar-refractivity contribution in [2.45, 2.75) is 24.8 Å². The fourth-order valence-corrected chi connectivity index (χ4v) is 2.11. The Balaban J connectivity index is 2.01. The molecular weight excluding hydrogens is 222 g/mol. The van der Waals surface area contributed by atoms with Crippen molar-refractivity contribution in [1.82, 2.24) is 19.5 Å². The summed E-state index contributed by atoms with van der Waals surface area (Å²) in [4.78, 5) is 12.9. The molecule has 1 saturated carbocycles. The van der Waals surface area contributed by atoms with E-state index in [-0.39, 0.29) is 0 Å². The highest BCUT2D eigenvalue weighted by Crippen LogP contribution is 2.26. The zero-order valence-electron chi connectivity index (χ0n) is 9.05. The van der Waals surface area contributed by atoms with Crippen LogP contribution < -0.4 is 5.32 Å². The van der Waals surface area contributed by atoms with E-state index in [1.807, 2.05) is 10.9 Å². The second-order valence-corrected chi connectivity index (χ2v) is 4.78. The van der Waals surface area contributed by atoms with Crippen LogP contribution in [0, 0.1) is 0 Å². The van der Waals surface area contributed by atoms with Crippen LogP contribution in [0.15, 0.2) is 12.7 Å². The summed E-state index contributed by atoms with van der Waals surface area (Å²) in [5.74, 6) is 1.74. The molecule has 3 rings (SSSR count). The molecule has 5 nitrogen and oxygen atoms in total. The maximum Gasteiger partial charge on any atom is 0.166 e. The molecule has 16 heavy (non-hydrogen) atoms. The van der Waals surface area contributed by atoms with Crippen molar-refractivity contribution in [3.8, 4) is 0 Å². The summed E-state index contributed by atoms with van der Waals surface area (Å²) in [5.41, 5.74) is 1.79. The number of thioether (sulfide) groups is 1. The highest BCUT2D eigenvalue weighted by Gasteiger charge is 2.23. The molecule has 0 atom stereocenters. The van der Waals surface area contributed by atoms with Gasteiger partial charge in [0.25, 0.3) is 0 Å². The molecule has 1 aliphatic carbocycles. The third-order valence-corrected chi connectivity index (χ3v) is 3.12. The van der Waals surface area contributed by atoms with Crippen molar-refractivity contribution < 1.29 is 0 Å². The third-order valence-electron chi connectivity index (χ3n) is 2.59. The molecule has 2 aromatic rings. The van der Waals surface area contributed by atoms with E-state index in [9.17, 15) is 0 Å². The molecule has 0 aromatic carbocycles. The summed E-state index contributed by atoms with van der Waals surface area (Å²) >= 11 is 1.75. The van der Waals surface area contributed by atoms with Crippen molar-refractivity contribution in [2.75, 3.05) is 11.6 Å². The Morgan fingerprint density at radius 2 is 2.31 bits per heavy atom. The van der Waals surface area contributed by atoms with Crippen LogP contribution in [0.5, 0.6) is 0 Å². The molecule has 0 spiro atoms. The normalized spacial score (nSPS) is 15.6. The van der Waals surface area contributed by atoms with E-state index in [4.69, 9.17) is 0 Å². The zero-order chi connectivity index (χ0) is 11.0. The first-order valence-electron chi connectivity index (χ1n) is 5.30. The number of nitrogens with zero attached hydrogens (tertiary/aromatic N) is 4. The lowest BCUT2D eigenvalue weighted by Crippen LogP contribution is -2.04. The minimum absolute atomic E-state index is 0.587. The van der Waals surface area contributed by atoms with Crippen LogP contribution in [0.2, 0.25) is 0 Å². The van der Waals surface area contributed by atoms with Crippen LogP contribution in [0.1, 0.15) is 12.8 Å². The summed E-state index contributed by atoms with van der Waals surface area (Å²) in [6.07, 6.45) is 7.96. The van der Waals surface area contributed by atoms with Gasteiger partial charge in [0.1, 0.15) is 11.8 Å². The maximum absolute atomic E-state index is 4.38. The Morgan fingerprint density at radius 3 is 3.06 bits per heavy atom. The fraction of sp³-hybridized carbons (Fsp3) is 0.500. The SMILES string of the molecule is CSCn1cnc2c(NC3CC3)ncnc21. The van der Waals surface area contributed by atoms with Gasteiger partial charge in [-0.3, -0.25) is 0 Å². The Morgan fingerprint density at radius 1 is 1.44 bits per heavy atom. The molecule has 0 aliphatic heterocycles. The van der Waals surface area contributed by atoms with Gasteiger partial charge >= 0.3 is 0 Å². The molecule has 2 aromatic heterocycles. The van der Waals surface area contributed by atoms with Crippen molar-refractivity contribution in [3.63, 3.8) is 0 Å². The van der Waals surface area contributed by atoms with Gasteiger partial charge in [0.05, 0.1) is 12.2 Å². The number of hydrogen-bond acceptors (Lipinski definition) is 5. The molecule has 0 radical (unpaired) electrons. The van der Waals surface area contributed by atoms with Crippen LogP contribution in [0.4, 0.5) is 5.82 Å². The Labute approximate surface area is 97.7 Å². The van der Waals surface area contributed by atoms with E-state index < -0.39 is 0 Å². The average molecular weight is 235 g/mol. The first-order valence-corrected chi connectivity index (χ1v) is 6.69. The number of imidazole rings is 1. The number of aromatic nitrogens is 4. The van der Waals surface area contributed by atoms with Gasteiger partial charge in [-0.25, -0.2) is 15.0 Å². The molecule has 0 saturated heterocycles. The zero-order valence-corrected chi connectivity index (χ0v) is 9.87. The standard InChI is InChI=1S/C10H13N5S/c1-16-6-15-5-13-8-9(14-7-2-3-7)11-4-12-10(8)15/h4-5,7H,2-3,6H2,1H3,(H,11,12,14). The van der Waals surface area contributed by atoms with E-state index in [1.165, 1.54) is 12.8 Å². The van der Waals surface area contributed by atoms with Gasteiger partial charge in [-0.2, -0.15) is 0 Å². The summed E-state index contributed by atoms with van der Waals surface area (Å²) < 4.78 is 2.04.